The minimum atomic E-state index is -0.0605. The number of aromatic hydroxyl groups is 1. The summed E-state index contributed by atoms with van der Waals surface area (Å²) in [5.74, 6) is 2.13. The molecule has 0 bridgehead atoms. The molecule has 2 atom stereocenters. The van der Waals surface area contributed by atoms with Crippen LogP contribution in [0.2, 0.25) is 0 Å². The van der Waals surface area contributed by atoms with E-state index >= 15 is 0 Å². The van der Waals surface area contributed by atoms with Gasteiger partial charge >= 0.3 is 0 Å². The molecule has 0 saturated heterocycles. The number of hydrogen-bond acceptors (Lipinski definition) is 2. The Morgan fingerprint density at radius 3 is 2.30 bits per heavy atom. The van der Waals surface area contributed by atoms with Crippen molar-refractivity contribution >= 4 is 10.8 Å². The van der Waals surface area contributed by atoms with Gasteiger partial charge in [-0.2, -0.15) is 0 Å². The number of hydrogen-bond donors (Lipinski definition) is 1. The third-order valence-electron chi connectivity index (χ3n) is 8.21. The molecule has 0 aliphatic heterocycles. The molecular weight excluding hydrogens is 404 g/mol. The van der Waals surface area contributed by atoms with Gasteiger partial charge in [0.1, 0.15) is 11.5 Å². The molecule has 2 nitrogen and oxygen atoms in total. The van der Waals surface area contributed by atoms with Crippen molar-refractivity contribution in [1.29, 1.82) is 0 Å². The molecule has 0 aromatic heterocycles. The maximum absolute atomic E-state index is 10.9. The zero-order valence-electron chi connectivity index (χ0n) is 19.6. The second-order valence-electron chi connectivity index (χ2n) is 10.2. The molecule has 6 rings (SSSR count). The average Bonchev–Trinajstić information content (AvgIpc) is 3.35. The molecule has 33 heavy (non-hydrogen) atoms. The molecular formula is C31H30O2. The van der Waals surface area contributed by atoms with Crippen molar-refractivity contribution in [3.05, 3.63) is 95.1 Å². The molecule has 0 heterocycles. The lowest BCUT2D eigenvalue weighted by molar-refractivity contribution is 0.415. The van der Waals surface area contributed by atoms with Crippen LogP contribution in [0.4, 0.5) is 0 Å². The molecule has 4 aromatic rings. The van der Waals surface area contributed by atoms with Crippen LogP contribution in [-0.2, 0) is 5.41 Å². The number of fused-ring (bicyclic) bond motifs is 8. The molecule has 0 amide bonds. The van der Waals surface area contributed by atoms with Gasteiger partial charge in [-0.3, -0.25) is 0 Å². The maximum atomic E-state index is 10.9. The third-order valence-corrected chi connectivity index (χ3v) is 8.21. The first kappa shape index (κ1) is 20.4. The van der Waals surface area contributed by atoms with Gasteiger partial charge in [0.05, 0.1) is 7.11 Å². The molecule has 0 radical (unpaired) electrons. The van der Waals surface area contributed by atoms with E-state index in [-0.39, 0.29) is 5.41 Å². The highest BCUT2D eigenvalue weighted by Crippen LogP contribution is 2.57. The second kappa shape index (κ2) is 7.38. The Labute approximate surface area is 195 Å². The van der Waals surface area contributed by atoms with E-state index in [1.165, 1.54) is 52.6 Å². The van der Waals surface area contributed by atoms with E-state index in [9.17, 15) is 5.11 Å². The number of rotatable bonds is 3. The van der Waals surface area contributed by atoms with Gasteiger partial charge in [0.15, 0.2) is 0 Å². The van der Waals surface area contributed by atoms with Crippen molar-refractivity contribution in [3.63, 3.8) is 0 Å². The molecule has 2 aliphatic carbocycles. The van der Waals surface area contributed by atoms with Crippen LogP contribution in [0.3, 0.4) is 0 Å². The highest BCUT2D eigenvalue weighted by Gasteiger charge is 2.39. The zero-order valence-corrected chi connectivity index (χ0v) is 19.6. The summed E-state index contributed by atoms with van der Waals surface area (Å²) < 4.78 is 5.44. The monoisotopic (exact) mass is 434 g/mol. The predicted octanol–water partition coefficient (Wildman–Crippen LogP) is 7.91. The summed E-state index contributed by atoms with van der Waals surface area (Å²) in [6, 6.07) is 26.1. The summed E-state index contributed by atoms with van der Waals surface area (Å²) in [7, 11) is 1.67. The number of phenolic OH excluding ortho intramolecular Hbond substituents is 1. The second-order valence-corrected chi connectivity index (χ2v) is 10.2. The normalized spacial score (nSPS) is 19.1. The van der Waals surface area contributed by atoms with Crippen LogP contribution in [0.25, 0.3) is 21.9 Å². The number of phenols is 1. The SMILES string of the molecule is COc1ccc2c3c(cc(O)c2c1)C1CCCC1c1cc(C(C)(C)c2ccccc2)ccc1-3. The third kappa shape index (κ3) is 3.00. The van der Waals surface area contributed by atoms with E-state index in [2.05, 4.69) is 68.4 Å². The highest BCUT2D eigenvalue weighted by molar-refractivity contribution is 6.04. The topological polar surface area (TPSA) is 29.5 Å². The van der Waals surface area contributed by atoms with E-state index in [0.717, 1.165) is 16.5 Å². The standard InChI is InChI=1S/C31H30O2/c1-31(2,19-8-5-4-6-9-19)20-12-14-24-26(16-20)22-10-7-11-23(22)28-18-29(32)27-17-21(33-3)13-15-25(27)30(24)28/h4-6,8-9,12-18,22-23,32H,7,10-11H2,1-3H3. The predicted molar refractivity (Wildman–Crippen MR) is 136 cm³/mol. The summed E-state index contributed by atoms with van der Waals surface area (Å²) in [6.07, 6.45) is 3.64. The first-order chi connectivity index (χ1) is 16.0. The summed E-state index contributed by atoms with van der Waals surface area (Å²) >= 11 is 0. The van der Waals surface area contributed by atoms with Gasteiger partial charge in [-0.1, -0.05) is 68.8 Å². The van der Waals surface area contributed by atoms with Crippen molar-refractivity contribution in [2.45, 2.75) is 50.4 Å². The fourth-order valence-electron chi connectivity index (χ4n) is 6.34. The number of methoxy groups -OCH3 is 1. The Morgan fingerprint density at radius 2 is 1.55 bits per heavy atom. The first-order valence-electron chi connectivity index (χ1n) is 12.0. The molecule has 2 aliphatic rings. The van der Waals surface area contributed by atoms with Crippen LogP contribution in [0, 0.1) is 0 Å². The van der Waals surface area contributed by atoms with Gasteiger partial charge in [-0.05, 0) is 87.7 Å². The summed E-state index contributed by atoms with van der Waals surface area (Å²) in [4.78, 5) is 0. The lowest BCUT2D eigenvalue weighted by Gasteiger charge is -2.34. The van der Waals surface area contributed by atoms with Crippen molar-refractivity contribution in [3.8, 4) is 22.6 Å². The first-order valence-corrected chi connectivity index (χ1v) is 12.0. The summed E-state index contributed by atoms with van der Waals surface area (Å²) in [5.41, 5.74) is 8.07. The van der Waals surface area contributed by atoms with Crippen molar-refractivity contribution in [2.75, 3.05) is 7.11 Å². The lowest BCUT2D eigenvalue weighted by atomic mass is 9.69. The van der Waals surface area contributed by atoms with Crippen molar-refractivity contribution in [1.82, 2.24) is 0 Å². The molecule has 166 valence electrons. The minimum Gasteiger partial charge on any atom is -0.507 e. The van der Waals surface area contributed by atoms with Gasteiger partial charge in [-0.25, -0.2) is 0 Å². The Morgan fingerprint density at radius 1 is 0.788 bits per heavy atom. The van der Waals surface area contributed by atoms with Gasteiger partial charge in [0, 0.05) is 10.8 Å². The zero-order chi connectivity index (χ0) is 22.7. The van der Waals surface area contributed by atoms with E-state index in [1.54, 1.807) is 7.11 Å². The molecule has 0 spiro atoms. The van der Waals surface area contributed by atoms with Gasteiger partial charge in [-0.15, -0.1) is 0 Å². The van der Waals surface area contributed by atoms with Crippen LogP contribution in [0.15, 0.2) is 72.8 Å². The summed E-state index contributed by atoms with van der Waals surface area (Å²) in [6.45, 7) is 4.65. The Balaban J connectivity index is 1.60. The van der Waals surface area contributed by atoms with Gasteiger partial charge < -0.3 is 9.84 Å². The molecule has 1 saturated carbocycles. The fraction of sp³-hybridized carbons (Fsp3) is 0.290. The fourth-order valence-corrected chi connectivity index (χ4v) is 6.34. The Kier molecular flexibility index (Phi) is 4.55. The Bertz CT molecular complexity index is 1370. The molecule has 2 unspecified atom stereocenters. The molecule has 4 aromatic carbocycles. The van der Waals surface area contributed by atoms with E-state index < -0.39 is 0 Å². The molecule has 1 N–H and O–H groups in total. The largest absolute Gasteiger partial charge is 0.507 e. The average molecular weight is 435 g/mol. The molecule has 2 heteroatoms. The lowest BCUT2D eigenvalue weighted by Crippen LogP contribution is -2.21. The quantitative estimate of drug-likeness (QED) is 0.355. The van der Waals surface area contributed by atoms with Crippen LogP contribution >= 0.6 is 0 Å². The highest BCUT2D eigenvalue weighted by atomic mass is 16.5. The smallest absolute Gasteiger partial charge is 0.123 e. The van der Waals surface area contributed by atoms with Crippen LogP contribution in [-0.4, -0.2) is 12.2 Å². The van der Waals surface area contributed by atoms with Gasteiger partial charge in [0.2, 0.25) is 0 Å². The van der Waals surface area contributed by atoms with Crippen LogP contribution < -0.4 is 4.74 Å². The minimum absolute atomic E-state index is 0.0605. The number of ether oxygens (including phenoxy) is 1. The van der Waals surface area contributed by atoms with E-state index in [4.69, 9.17) is 4.74 Å². The maximum Gasteiger partial charge on any atom is 0.123 e. The van der Waals surface area contributed by atoms with E-state index in [0.29, 0.717) is 17.6 Å². The summed E-state index contributed by atoms with van der Waals surface area (Å²) in [5, 5.41) is 12.9. The van der Waals surface area contributed by atoms with Crippen LogP contribution in [0.5, 0.6) is 11.5 Å². The Hall–Kier alpha value is -3.26. The molecule has 1 fully saturated rings. The number of benzene rings is 4. The van der Waals surface area contributed by atoms with Crippen molar-refractivity contribution < 1.29 is 9.84 Å². The van der Waals surface area contributed by atoms with Crippen molar-refractivity contribution in [2.24, 2.45) is 0 Å². The van der Waals surface area contributed by atoms with Gasteiger partial charge in [0.25, 0.3) is 0 Å². The van der Waals surface area contributed by atoms with Crippen LogP contribution in [0.1, 0.15) is 67.2 Å². The van der Waals surface area contributed by atoms with E-state index in [1.807, 2.05) is 18.2 Å².